The number of fused-ring (bicyclic) bond motifs is 1. The van der Waals surface area contributed by atoms with Crippen LogP contribution in [0.4, 0.5) is 0 Å². The second kappa shape index (κ2) is 7.95. The van der Waals surface area contributed by atoms with Gasteiger partial charge in [0.1, 0.15) is 0 Å². The summed E-state index contributed by atoms with van der Waals surface area (Å²) in [7, 11) is 0. The second-order valence-corrected chi connectivity index (χ2v) is 8.15. The summed E-state index contributed by atoms with van der Waals surface area (Å²) in [5.74, 6) is 1.13. The molecule has 2 aromatic carbocycles. The SMILES string of the molecule is CCCC[C@]1(CC)CSc2ccccc2[C@H](c2ccc(Cl)cc2)N1. The monoisotopic (exact) mass is 359 g/mol. The fourth-order valence-corrected chi connectivity index (χ4v) is 4.97. The molecule has 1 aliphatic rings. The number of thioether (sulfide) groups is 1. The molecule has 0 amide bonds. The number of hydrogen-bond donors (Lipinski definition) is 1. The Morgan fingerprint density at radius 1 is 1.12 bits per heavy atom. The zero-order valence-corrected chi connectivity index (χ0v) is 16.1. The summed E-state index contributed by atoms with van der Waals surface area (Å²) in [6, 6.07) is 17.4. The van der Waals surface area contributed by atoms with Gasteiger partial charge in [0.15, 0.2) is 0 Å². The topological polar surface area (TPSA) is 12.0 Å². The predicted octanol–water partition coefficient (Wildman–Crippen LogP) is 6.46. The molecule has 128 valence electrons. The first kappa shape index (κ1) is 17.8. The molecule has 2 atom stereocenters. The van der Waals surface area contributed by atoms with E-state index in [4.69, 9.17) is 11.6 Å². The normalized spacial score (nSPS) is 23.5. The molecule has 0 aliphatic carbocycles. The second-order valence-electron chi connectivity index (χ2n) is 6.69. The molecule has 3 heteroatoms. The Labute approximate surface area is 155 Å². The third-order valence-electron chi connectivity index (χ3n) is 5.07. The van der Waals surface area contributed by atoms with E-state index in [1.165, 1.54) is 35.3 Å². The third-order valence-corrected chi connectivity index (χ3v) is 6.71. The first-order valence-electron chi connectivity index (χ1n) is 8.92. The van der Waals surface area contributed by atoms with Crippen molar-refractivity contribution in [2.45, 2.75) is 56.0 Å². The van der Waals surface area contributed by atoms with Crippen LogP contribution in [-0.4, -0.2) is 11.3 Å². The summed E-state index contributed by atoms with van der Waals surface area (Å²) in [4.78, 5) is 1.40. The van der Waals surface area contributed by atoms with E-state index in [0.717, 1.165) is 17.2 Å². The van der Waals surface area contributed by atoms with Crippen molar-refractivity contribution in [3.63, 3.8) is 0 Å². The van der Waals surface area contributed by atoms with E-state index in [1.807, 2.05) is 23.9 Å². The lowest BCUT2D eigenvalue weighted by Crippen LogP contribution is -2.48. The van der Waals surface area contributed by atoms with Crippen molar-refractivity contribution in [1.29, 1.82) is 0 Å². The van der Waals surface area contributed by atoms with Gasteiger partial charge < -0.3 is 0 Å². The van der Waals surface area contributed by atoms with Crippen molar-refractivity contribution in [1.82, 2.24) is 5.32 Å². The van der Waals surface area contributed by atoms with E-state index in [2.05, 4.69) is 55.6 Å². The molecule has 1 heterocycles. The smallest absolute Gasteiger partial charge is 0.0592 e. The van der Waals surface area contributed by atoms with Crippen LogP contribution in [0.15, 0.2) is 53.4 Å². The van der Waals surface area contributed by atoms with Crippen molar-refractivity contribution >= 4 is 23.4 Å². The first-order chi connectivity index (χ1) is 11.7. The summed E-state index contributed by atoms with van der Waals surface area (Å²) >= 11 is 8.11. The van der Waals surface area contributed by atoms with Gasteiger partial charge in [-0.05, 0) is 42.2 Å². The van der Waals surface area contributed by atoms with E-state index < -0.39 is 0 Å². The molecular weight excluding hydrogens is 334 g/mol. The van der Waals surface area contributed by atoms with Crippen molar-refractivity contribution in [2.75, 3.05) is 5.75 Å². The van der Waals surface area contributed by atoms with Crippen LogP contribution in [0.3, 0.4) is 0 Å². The van der Waals surface area contributed by atoms with E-state index in [9.17, 15) is 0 Å². The summed E-state index contributed by atoms with van der Waals surface area (Å²) in [5, 5.41) is 4.84. The number of rotatable bonds is 5. The summed E-state index contributed by atoms with van der Waals surface area (Å²) < 4.78 is 0. The molecule has 0 saturated carbocycles. The van der Waals surface area contributed by atoms with Crippen LogP contribution in [0.5, 0.6) is 0 Å². The maximum Gasteiger partial charge on any atom is 0.0592 e. The van der Waals surface area contributed by atoms with Gasteiger partial charge in [-0.2, -0.15) is 0 Å². The minimum atomic E-state index is 0.185. The van der Waals surface area contributed by atoms with Crippen LogP contribution >= 0.6 is 23.4 Å². The zero-order chi connectivity index (χ0) is 17.0. The Morgan fingerprint density at radius 3 is 2.58 bits per heavy atom. The molecule has 24 heavy (non-hydrogen) atoms. The molecule has 3 rings (SSSR count). The van der Waals surface area contributed by atoms with E-state index >= 15 is 0 Å². The molecule has 0 aromatic heterocycles. The molecule has 0 bridgehead atoms. The molecule has 0 radical (unpaired) electrons. The zero-order valence-electron chi connectivity index (χ0n) is 14.5. The standard InChI is InChI=1S/C21H26ClNS/c1-3-5-14-21(4-2)15-24-19-9-7-6-8-18(19)20(23-21)16-10-12-17(22)13-11-16/h6-13,20,23H,3-5,14-15H2,1-2H3/t20-,21+/m0/s1. The van der Waals surface area contributed by atoms with Gasteiger partial charge in [-0.15, -0.1) is 11.8 Å². The Kier molecular flexibility index (Phi) is 5.91. The first-order valence-corrected chi connectivity index (χ1v) is 10.3. The maximum absolute atomic E-state index is 6.11. The number of nitrogens with one attached hydrogen (secondary N) is 1. The molecule has 0 fully saturated rings. The minimum Gasteiger partial charge on any atom is -0.300 e. The predicted molar refractivity (Wildman–Crippen MR) is 106 cm³/mol. The van der Waals surface area contributed by atoms with Gasteiger partial charge in [-0.25, -0.2) is 0 Å². The number of halogens is 1. The van der Waals surface area contributed by atoms with Crippen molar-refractivity contribution in [3.05, 3.63) is 64.7 Å². The van der Waals surface area contributed by atoms with Crippen molar-refractivity contribution in [2.24, 2.45) is 0 Å². The molecule has 2 aromatic rings. The van der Waals surface area contributed by atoms with E-state index in [1.54, 1.807) is 0 Å². The molecule has 1 nitrogen and oxygen atoms in total. The van der Waals surface area contributed by atoms with Crippen LogP contribution in [0, 0.1) is 0 Å². The number of benzene rings is 2. The molecule has 0 spiro atoms. The van der Waals surface area contributed by atoms with Crippen molar-refractivity contribution in [3.8, 4) is 0 Å². The molecule has 1 N–H and O–H groups in total. The molecule has 1 aliphatic heterocycles. The highest BCUT2D eigenvalue weighted by atomic mass is 35.5. The van der Waals surface area contributed by atoms with Gasteiger partial charge >= 0.3 is 0 Å². The quantitative estimate of drug-likeness (QED) is 0.657. The summed E-state index contributed by atoms with van der Waals surface area (Å²) in [6.45, 7) is 4.59. The van der Waals surface area contributed by atoms with Crippen LogP contribution in [-0.2, 0) is 0 Å². The molecule has 0 saturated heterocycles. The average molecular weight is 360 g/mol. The van der Waals surface area contributed by atoms with Gasteiger partial charge in [0.25, 0.3) is 0 Å². The van der Waals surface area contributed by atoms with Crippen LogP contribution < -0.4 is 5.32 Å². The lowest BCUT2D eigenvalue weighted by Gasteiger charge is -2.36. The largest absolute Gasteiger partial charge is 0.300 e. The minimum absolute atomic E-state index is 0.185. The number of hydrogen-bond acceptors (Lipinski definition) is 2. The van der Waals surface area contributed by atoms with Crippen LogP contribution in [0.2, 0.25) is 5.02 Å². The maximum atomic E-state index is 6.11. The highest BCUT2D eigenvalue weighted by Gasteiger charge is 2.35. The fraction of sp³-hybridized carbons (Fsp3) is 0.429. The average Bonchev–Trinajstić information content (AvgIpc) is 2.79. The van der Waals surface area contributed by atoms with E-state index in [0.29, 0.717) is 0 Å². The van der Waals surface area contributed by atoms with Gasteiger partial charge in [0.2, 0.25) is 0 Å². The van der Waals surface area contributed by atoms with Gasteiger partial charge in [0.05, 0.1) is 6.04 Å². The van der Waals surface area contributed by atoms with Crippen LogP contribution in [0.25, 0.3) is 0 Å². The summed E-state index contributed by atoms with van der Waals surface area (Å²) in [5.41, 5.74) is 2.87. The van der Waals surface area contributed by atoms with Gasteiger partial charge in [0, 0.05) is 21.2 Å². The van der Waals surface area contributed by atoms with Crippen LogP contribution in [0.1, 0.15) is 56.7 Å². The third kappa shape index (κ3) is 3.82. The Balaban J connectivity index is 2.02. The highest BCUT2D eigenvalue weighted by molar-refractivity contribution is 7.99. The number of unbranched alkanes of at least 4 members (excludes halogenated alkanes) is 1. The summed E-state index contributed by atoms with van der Waals surface area (Å²) in [6.07, 6.45) is 4.89. The molecule has 0 unspecified atom stereocenters. The lowest BCUT2D eigenvalue weighted by molar-refractivity contribution is 0.298. The lowest BCUT2D eigenvalue weighted by atomic mass is 9.88. The van der Waals surface area contributed by atoms with Crippen molar-refractivity contribution < 1.29 is 0 Å². The molecular formula is C21H26ClNS. The Bertz CT molecular complexity index is 670. The highest BCUT2D eigenvalue weighted by Crippen LogP contribution is 2.40. The van der Waals surface area contributed by atoms with Gasteiger partial charge in [-0.1, -0.05) is 68.6 Å². The fourth-order valence-electron chi connectivity index (χ4n) is 3.45. The Morgan fingerprint density at radius 2 is 1.88 bits per heavy atom. The van der Waals surface area contributed by atoms with Gasteiger partial charge in [-0.3, -0.25) is 5.32 Å². The Hall–Kier alpha value is -0.960. The van der Waals surface area contributed by atoms with E-state index in [-0.39, 0.29) is 11.6 Å².